The van der Waals surface area contributed by atoms with E-state index in [1.54, 1.807) is 6.92 Å². The van der Waals surface area contributed by atoms with Crippen LogP contribution >= 0.6 is 22.6 Å². The van der Waals surface area contributed by atoms with Crippen molar-refractivity contribution in [1.29, 1.82) is 0 Å². The summed E-state index contributed by atoms with van der Waals surface area (Å²) in [6.45, 7) is 1.60. The number of nitro groups is 1. The highest BCUT2D eigenvalue weighted by atomic mass is 127. The number of carbonyl (C=O) groups is 1. The van der Waals surface area contributed by atoms with Crippen LogP contribution in [-0.4, -0.2) is 10.8 Å². The van der Waals surface area contributed by atoms with E-state index in [2.05, 4.69) is 5.32 Å². The van der Waals surface area contributed by atoms with Crippen LogP contribution in [-0.2, 0) is 0 Å². The van der Waals surface area contributed by atoms with Gasteiger partial charge in [0.1, 0.15) is 5.82 Å². The summed E-state index contributed by atoms with van der Waals surface area (Å²) in [4.78, 5) is 22.5. The fourth-order valence-corrected chi connectivity index (χ4v) is 2.34. The monoisotopic (exact) mass is 400 g/mol. The van der Waals surface area contributed by atoms with Gasteiger partial charge in [-0.1, -0.05) is 6.07 Å². The third-order valence-corrected chi connectivity index (χ3v) is 3.74. The van der Waals surface area contributed by atoms with Crippen molar-refractivity contribution in [3.05, 3.63) is 67.0 Å². The first-order chi connectivity index (χ1) is 9.88. The van der Waals surface area contributed by atoms with Crippen molar-refractivity contribution >= 4 is 39.9 Å². The lowest BCUT2D eigenvalue weighted by molar-refractivity contribution is -0.385. The second-order valence-corrected chi connectivity index (χ2v) is 5.50. The van der Waals surface area contributed by atoms with Crippen LogP contribution < -0.4 is 5.32 Å². The van der Waals surface area contributed by atoms with E-state index in [0.29, 0.717) is 14.8 Å². The molecule has 108 valence electrons. The van der Waals surface area contributed by atoms with Crippen molar-refractivity contribution in [1.82, 2.24) is 0 Å². The molecule has 0 heterocycles. The zero-order valence-electron chi connectivity index (χ0n) is 10.9. The zero-order valence-corrected chi connectivity index (χ0v) is 13.0. The van der Waals surface area contributed by atoms with Gasteiger partial charge in [0.05, 0.1) is 10.6 Å². The first-order valence-corrected chi connectivity index (χ1v) is 6.98. The van der Waals surface area contributed by atoms with Crippen LogP contribution in [0.3, 0.4) is 0 Å². The predicted octanol–water partition coefficient (Wildman–Crippen LogP) is 3.90. The van der Waals surface area contributed by atoms with Gasteiger partial charge in [-0.25, -0.2) is 4.39 Å². The maximum atomic E-state index is 13.0. The Morgan fingerprint density at radius 1 is 1.29 bits per heavy atom. The molecular formula is C14H10FIN2O3. The van der Waals surface area contributed by atoms with Crippen molar-refractivity contribution in [2.45, 2.75) is 6.92 Å². The average Bonchev–Trinajstić information content (AvgIpc) is 2.42. The lowest BCUT2D eigenvalue weighted by Crippen LogP contribution is -2.13. The minimum absolute atomic E-state index is 0.114. The van der Waals surface area contributed by atoms with Gasteiger partial charge in [0.2, 0.25) is 0 Å². The van der Waals surface area contributed by atoms with Crippen LogP contribution in [0.25, 0.3) is 0 Å². The molecule has 2 rings (SSSR count). The number of nitrogens with one attached hydrogen (secondary N) is 1. The van der Waals surface area contributed by atoms with Crippen LogP contribution in [0.4, 0.5) is 15.8 Å². The van der Waals surface area contributed by atoms with Crippen LogP contribution in [0.2, 0.25) is 0 Å². The van der Waals surface area contributed by atoms with E-state index >= 15 is 0 Å². The van der Waals surface area contributed by atoms with Gasteiger partial charge in [0.15, 0.2) is 0 Å². The van der Waals surface area contributed by atoms with Crippen LogP contribution in [0.5, 0.6) is 0 Å². The SMILES string of the molecule is Cc1ccc(C(=O)Nc2ccc(F)cc2I)cc1[N+](=O)[O-]. The van der Waals surface area contributed by atoms with Gasteiger partial charge in [-0.15, -0.1) is 0 Å². The summed E-state index contributed by atoms with van der Waals surface area (Å²) in [6.07, 6.45) is 0. The van der Waals surface area contributed by atoms with E-state index in [1.165, 1.54) is 36.4 Å². The number of halogens is 2. The van der Waals surface area contributed by atoms with Gasteiger partial charge < -0.3 is 5.32 Å². The Labute approximate surface area is 133 Å². The smallest absolute Gasteiger partial charge is 0.273 e. The minimum Gasteiger partial charge on any atom is -0.321 e. The normalized spacial score (nSPS) is 10.2. The number of rotatable bonds is 3. The van der Waals surface area contributed by atoms with Crippen molar-refractivity contribution < 1.29 is 14.1 Å². The van der Waals surface area contributed by atoms with Crippen molar-refractivity contribution in [3.8, 4) is 0 Å². The van der Waals surface area contributed by atoms with E-state index in [1.807, 2.05) is 22.6 Å². The Bertz CT molecular complexity index is 734. The number of amides is 1. The molecule has 0 aromatic heterocycles. The molecule has 0 radical (unpaired) electrons. The maximum absolute atomic E-state index is 13.0. The number of hydrogen-bond acceptors (Lipinski definition) is 3. The molecule has 0 fully saturated rings. The molecule has 1 amide bonds. The number of aryl methyl sites for hydroxylation is 1. The average molecular weight is 400 g/mol. The van der Waals surface area contributed by atoms with Gasteiger partial charge in [-0.3, -0.25) is 14.9 Å². The Morgan fingerprint density at radius 3 is 2.62 bits per heavy atom. The van der Waals surface area contributed by atoms with Gasteiger partial charge in [-0.05, 0) is 53.8 Å². The number of nitro benzene ring substituents is 1. The Morgan fingerprint density at radius 2 is 2.00 bits per heavy atom. The van der Waals surface area contributed by atoms with Crippen molar-refractivity contribution in [2.75, 3.05) is 5.32 Å². The van der Waals surface area contributed by atoms with Crippen LogP contribution in [0.15, 0.2) is 36.4 Å². The molecule has 0 atom stereocenters. The lowest BCUT2D eigenvalue weighted by Gasteiger charge is -2.08. The van der Waals surface area contributed by atoms with E-state index in [9.17, 15) is 19.3 Å². The first kappa shape index (κ1) is 15.4. The molecule has 0 unspecified atom stereocenters. The number of hydrogen-bond donors (Lipinski definition) is 1. The van der Waals surface area contributed by atoms with Crippen LogP contribution in [0, 0.1) is 26.4 Å². The summed E-state index contributed by atoms with van der Waals surface area (Å²) >= 11 is 1.90. The fraction of sp³-hybridized carbons (Fsp3) is 0.0714. The highest BCUT2D eigenvalue weighted by Gasteiger charge is 2.15. The Kier molecular flexibility index (Phi) is 4.51. The standard InChI is InChI=1S/C14H10FIN2O3/c1-8-2-3-9(6-13(8)18(20)21)14(19)17-12-5-4-10(15)7-11(12)16/h2-7H,1H3,(H,17,19). The molecule has 21 heavy (non-hydrogen) atoms. The molecule has 0 aliphatic carbocycles. The van der Waals surface area contributed by atoms with E-state index in [-0.39, 0.29) is 11.3 Å². The fourth-order valence-electron chi connectivity index (χ4n) is 1.73. The summed E-state index contributed by atoms with van der Waals surface area (Å²) in [5.41, 5.74) is 0.988. The summed E-state index contributed by atoms with van der Waals surface area (Å²) < 4.78 is 13.5. The van der Waals surface area contributed by atoms with E-state index < -0.39 is 16.6 Å². The highest BCUT2D eigenvalue weighted by Crippen LogP contribution is 2.22. The van der Waals surface area contributed by atoms with Gasteiger partial charge in [-0.2, -0.15) is 0 Å². The summed E-state index contributed by atoms with van der Waals surface area (Å²) in [5.74, 6) is -0.883. The van der Waals surface area contributed by atoms with Crippen LogP contribution in [0.1, 0.15) is 15.9 Å². The summed E-state index contributed by atoms with van der Waals surface area (Å²) in [6, 6.07) is 8.21. The summed E-state index contributed by atoms with van der Waals surface area (Å²) in [5, 5.41) is 13.5. The third-order valence-electron chi connectivity index (χ3n) is 2.85. The third kappa shape index (κ3) is 3.54. The number of anilines is 1. The second-order valence-electron chi connectivity index (χ2n) is 4.34. The maximum Gasteiger partial charge on any atom is 0.273 e. The first-order valence-electron chi connectivity index (χ1n) is 5.90. The van der Waals surface area contributed by atoms with Gasteiger partial charge in [0, 0.05) is 20.8 Å². The molecule has 0 saturated heterocycles. The predicted molar refractivity (Wildman–Crippen MR) is 84.9 cm³/mol. The molecule has 0 bridgehead atoms. The zero-order chi connectivity index (χ0) is 15.6. The molecule has 2 aromatic rings. The molecule has 2 aromatic carbocycles. The lowest BCUT2D eigenvalue weighted by atomic mass is 10.1. The Hall–Kier alpha value is -2.03. The molecule has 0 aliphatic rings. The molecule has 0 saturated carbocycles. The molecule has 0 spiro atoms. The second kappa shape index (κ2) is 6.17. The van der Waals surface area contributed by atoms with Gasteiger partial charge >= 0.3 is 0 Å². The number of nitrogens with zero attached hydrogens (tertiary/aromatic N) is 1. The van der Waals surface area contributed by atoms with E-state index in [0.717, 1.165) is 0 Å². The number of carbonyl (C=O) groups excluding carboxylic acids is 1. The van der Waals surface area contributed by atoms with Crippen molar-refractivity contribution in [2.24, 2.45) is 0 Å². The molecule has 5 nitrogen and oxygen atoms in total. The number of benzene rings is 2. The molecular weight excluding hydrogens is 390 g/mol. The quantitative estimate of drug-likeness (QED) is 0.483. The topological polar surface area (TPSA) is 72.2 Å². The van der Waals surface area contributed by atoms with E-state index in [4.69, 9.17) is 0 Å². The molecule has 0 aliphatic heterocycles. The summed E-state index contributed by atoms with van der Waals surface area (Å²) in [7, 11) is 0. The largest absolute Gasteiger partial charge is 0.321 e. The minimum atomic E-state index is -0.534. The molecule has 7 heteroatoms. The highest BCUT2D eigenvalue weighted by molar-refractivity contribution is 14.1. The molecule has 1 N–H and O–H groups in total. The van der Waals surface area contributed by atoms with Gasteiger partial charge in [0.25, 0.3) is 11.6 Å². The Balaban J connectivity index is 2.28. The van der Waals surface area contributed by atoms with Crippen molar-refractivity contribution in [3.63, 3.8) is 0 Å².